The molecule has 3 N–H and O–H groups in total. The highest BCUT2D eigenvalue weighted by Gasteiger charge is 2.12. The lowest BCUT2D eigenvalue weighted by atomic mass is 10.0. The Labute approximate surface area is 122 Å². The zero-order valence-electron chi connectivity index (χ0n) is 10.2. The van der Waals surface area contributed by atoms with Gasteiger partial charge in [-0.15, -0.1) is 0 Å². The van der Waals surface area contributed by atoms with Crippen LogP contribution in [0.15, 0.2) is 18.2 Å². The smallest absolute Gasteiger partial charge is 0.0471 e. The molecule has 0 saturated heterocycles. The first-order valence-electron chi connectivity index (χ1n) is 6.10. The van der Waals surface area contributed by atoms with E-state index in [-0.39, 0.29) is 6.04 Å². The van der Waals surface area contributed by atoms with Crippen LogP contribution >= 0.6 is 34.2 Å². The third kappa shape index (κ3) is 5.12. The van der Waals surface area contributed by atoms with Gasteiger partial charge in [0, 0.05) is 14.6 Å². The summed E-state index contributed by atoms with van der Waals surface area (Å²) in [6.07, 6.45) is 6.09. The van der Waals surface area contributed by atoms with Gasteiger partial charge < -0.3 is 0 Å². The second-order valence-corrected chi connectivity index (χ2v) is 5.83. The highest BCUT2D eigenvalue weighted by molar-refractivity contribution is 14.1. The topological polar surface area (TPSA) is 38.0 Å². The molecule has 0 spiro atoms. The first-order chi connectivity index (χ1) is 8.19. The third-order valence-electron chi connectivity index (χ3n) is 2.88. The van der Waals surface area contributed by atoms with Gasteiger partial charge in [-0.1, -0.05) is 44.2 Å². The van der Waals surface area contributed by atoms with Gasteiger partial charge in [0.1, 0.15) is 0 Å². The fourth-order valence-electron chi connectivity index (χ4n) is 1.89. The largest absolute Gasteiger partial charge is 0.271 e. The summed E-state index contributed by atoms with van der Waals surface area (Å²) in [5.74, 6) is 5.64. The first-order valence-corrected chi connectivity index (χ1v) is 7.55. The molecular weight excluding hydrogens is 347 g/mol. The van der Waals surface area contributed by atoms with E-state index in [0.29, 0.717) is 0 Å². The number of hydrogen-bond acceptors (Lipinski definition) is 2. The first kappa shape index (κ1) is 15.2. The Morgan fingerprint density at radius 1 is 1.35 bits per heavy atom. The molecule has 1 aromatic carbocycles. The van der Waals surface area contributed by atoms with Crippen LogP contribution in [0, 0.1) is 3.57 Å². The maximum absolute atomic E-state index is 6.03. The minimum Gasteiger partial charge on any atom is -0.271 e. The molecule has 1 atom stereocenters. The molecule has 96 valence electrons. The van der Waals surface area contributed by atoms with E-state index in [1.54, 1.807) is 0 Å². The highest BCUT2D eigenvalue weighted by Crippen LogP contribution is 2.27. The monoisotopic (exact) mass is 366 g/mol. The SMILES string of the molecule is CCCCCCC(NN)c1cc(Cl)ccc1I. The van der Waals surface area contributed by atoms with E-state index < -0.39 is 0 Å². The lowest BCUT2D eigenvalue weighted by Gasteiger charge is -2.18. The van der Waals surface area contributed by atoms with Crippen LogP contribution in [0.1, 0.15) is 50.6 Å². The number of benzene rings is 1. The van der Waals surface area contributed by atoms with Crippen molar-refractivity contribution in [2.75, 3.05) is 0 Å². The quantitative estimate of drug-likeness (QED) is 0.324. The van der Waals surface area contributed by atoms with E-state index in [2.05, 4.69) is 34.9 Å². The fourth-order valence-corrected chi connectivity index (χ4v) is 2.78. The van der Waals surface area contributed by atoms with Gasteiger partial charge in [-0.25, -0.2) is 0 Å². The lowest BCUT2D eigenvalue weighted by molar-refractivity contribution is 0.480. The average Bonchev–Trinajstić information content (AvgIpc) is 2.33. The van der Waals surface area contributed by atoms with Gasteiger partial charge in [-0.05, 0) is 52.8 Å². The van der Waals surface area contributed by atoms with Crippen molar-refractivity contribution < 1.29 is 0 Å². The highest BCUT2D eigenvalue weighted by atomic mass is 127. The number of hydrazine groups is 1. The van der Waals surface area contributed by atoms with Crippen molar-refractivity contribution in [1.82, 2.24) is 5.43 Å². The maximum Gasteiger partial charge on any atom is 0.0471 e. The number of halogens is 2. The molecule has 0 aromatic heterocycles. The molecule has 1 rings (SSSR count). The molecule has 1 unspecified atom stereocenters. The summed E-state index contributed by atoms with van der Waals surface area (Å²) in [7, 11) is 0. The average molecular weight is 367 g/mol. The predicted molar refractivity (Wildman–Crippen MR) is 83.0 cm³/mol. The normalized spacial score (nSPS) is 12.7. The van der Waals surface area contributed by atoms with Gasteiger partial charge in [0.2, 0.25) is 0 Å². The van der Waals surface area contributed by atoms with E-state index in [0.717, 1.165) is 11.4 Å². The third-order valence-corrected chi connectivity index (χ3v) is 4.10. The van der Waals surface area contributed by atoms with Gasteiger partial charge in [0.05, 0.1) is 0 Å². The molecule has 0 aliphatic carbocycles. The van der Waals surface area contributed by atoms with E-state index in [4.69, 9.17) is 17.4 Å². The van der Waals surface area contributed by atoms with E-state index in [9.17, 15) is 0 Å². The Bertz CT molecular complexity index is 344. The molecule has 1 aromatic rings. The van der Waals surface area contributed by atoms with E-state index in [1.165, 1.54) is 34.8 Å². The zero-order valence-corrected chi connectivity index (χ0v) is 13.1. The number of unbranched alkanes of at least 4 members (excludes halogenated alkanes) is 3. The zero-order chi connectivity index (χ0) is 12.7. The maximum atomic E-state index is 6.03. The predicted octanol–water partition coefficient (Wildman–Crippen LogP) is 4.42. The molecule has 0 fully saturated rings. The van der Waals surface area contributed by atoms with Gasteiger partial charge in [-0.3, -0.25) is 11.3 Å². The van der Waals surface area contributed by atoms with Crippen molar-refractivity contribution in [2.45, 2.75) is 45.1 Å². The second-order valence-electron chi connectivity index (χ2n) is 4.23. The Kier molecular flexibility index (Phi) is 7.43. The van der Waals surface area contributed by atoms with E-state index in [1.807, 2.05) is 18.2 Å². The van der Waals surface area contributed by atoms with Crippen molar-refractivity contribution in [1.29, 1.82) is 0 Å². The summed E-state index contributed by atoms with van der Waals surface area (Å²) in [5.41, 5.74) is 4.11. The summed E-state index contributed by atoms with van der Waals surface area (Å²) >= 11 is 8.36. The summed E-state index contributed by atoms with van der Waals surface area (Å²) < 4.78 is 1.21. The van der Waals surface area contributed by atoms with Crippen LogP contribution in [0.25, 0.3) is 0 Å². The Hall–Kier alpha value is 0.160. The van der Waals surface area contributed by atoms with Gasteiger partial charge in [-0.2, -0.15) is 0 Å². The van der Waals surface area contributed by atoms with Crippen LogP contribution in [0.2, 0.25) is 5.02 Å². The standard InChI is InChI=1S/C13H20ClIN2/c1-2-3-4-5-6-13(17-16)11-9-10(14)7-8-12(11)15/h7-9,13,17H,2-6,16H2,1H3. The minimum absolute atomic E-state index is 0.206. The molecule has 0 saturated carbocycles. The van der Waals surface area contributed by atoms with Crippen LogP contribution < -0.4 is 11.3 Å². The molecule has 0 aliphatic rings. The summed E-state index contributed by atoms with van der Waals surface area (Å²) in [5, 5.41) is 0.772. The lowest BCUT2D eigenvalue weighted by Crippen LogP contribution is -2.28. The molecule has 0 bridgehead atoms. The number of hydrogen-bond donors (Lipinski definition) is 2. The molecule has 17 heavy (non-hydrogen) atoms. The molecule has 2 nitrogen and oxygen atoms in total. The Morgan fingerprint density at radius 2 is 2.12 bits per heavy atom. The fraction of sp³-hybridized carbons (Fsp3) is 0.538. The molecule has 0 heterocycles. The molecule has 0 aliphatic heterocycles. The Balaban J connectivity index is 2.62. The van der Waals surface area contributed by atoms with Crippen LogP contribution in [0.5, 0.6) is 0 Å². The Morgan fingerprint density at radius 3 is 2.76 bits per heavy atom. The van der Waals surface area contributed by atoms with Crippen molar-refractivity contribution in [3.63, 3.8) is 0 Å². The van der Waals surface area contributed by atoms with Crippen molar-refractivity contribution in [3.05, 3.63) is 32.4 Å². The summed E-state index contributed by atoms with van der Waals surface area (Å²) in [6, 6.07) is 6.16. The van der Waals surface area contributed by atoms with Crippen LogP contribution in [0.4, 0.5) is 0 Å². The van der Waals surface area contributed by atoms with Gasteiger partial charge in [0.15, 0.2) is 0 Å². The van der Waals surface area contributed by atoms with Crippen LogP contribution in [0.3, 0.4) is 0 Å². The molecular formula is C13H20ClIN2. The van der Waals surface area contributed by atoms with E-state index >= 15 is 0 Å². The molecule has 4 heteroatoms. The van der Waals surface area contributed by atoms with Crippen LogP contribution in [-0.4, -0.2) is 0 Å². The minimum atomic E-state index is 0.206. The number of rotatable bonds is 7. The van der Waals surface area contributed by atoms with Crippen molar-refractivity contribution in [3.8, 4) is 0 Å². The second kappa shape index (κ2) is 8.29. The van der Waals surface area contributed by atoms with Crippen molar-refractivity contribution >= 4 is 34.2 Å². The van der Waals surface area contributed by atoms with Crippen LogP contribution in [-0.2, 0) is 0 Å². The van der Waals surface area contributed by atoms with Gasteiger partial charge >= 0.3 is 0 Å². The summed E-state index contributed by atoms with van der Waals surface area (Å²) in [6.45, 7) is 2.22. The number of nitrogens with two attached hydrogens (primary N) is 1. The van der Waals surface area contributed by atoms with Crippen molar-refractivity contribution in [2.24, 2.45) is 5.84 Å². The number of nitrogens with one attached hydrogen (secondary N) is 1. The van der Waals surface area contributed by atoms with Gasteiger partial charge in [0.25, 0.3) is 0 Å². The molecule has 0 amide bonds. The molecule has 0 radical (unpaired) electrons. The summed E-state index contributed by atoms with van der Waals surface area (Å²) in [4.78, 5) is 0.